The van der Waals surface area contributed by atoms with E-state index in [9.17, 15) is 0 Å². The van der Waals surface area contributed by atoms with E-state index in [0.29, 0.717) is 0 Å². The van der Waals surface area contributed by atoms with Crippen LogP contribution in [0.4, 0.5) is 0 Å². The molecule has 0 spiro atoms. The first-order valence-corrected chi connectivity index (χ1v) is 21.3. The van der Waals surface area contributed by atoms with Gasteiger partial charge in [0.1, 0.15) is 0 Å². The molecule has 1 aliphatic carbocycles. The Kier molecular flexibility index (Phi) is 9.75. The maximum atomic E-state index is 3.46. The third kappa shape index (κ3) is 6.27. The van der Waals surface area contributed by atoms with Crippen molar-refractivity contribution in [1.29, 1.82) is 0 Å². The van der Waals surface area contributed by atoms with E-state index in [1.807, 2.05) is 32.9 Å². The van der Waals surface area contributed by atoms with Gasteiger partial charge in [0.2, 0.25) is 0 Å². The molecule has 0 fully saturated rings. The Morgan fingerprint density at radius 2 is 0.869 bits per heavy atom. The summed E-state index contributed by atoms with van der Waals surface area (Å²) in [5.74, 6) is 0. The van der Waals surface area contributed by atoms with E-state index in [0.717, 1.165) is 5.69 Å². The molecular weight excluding hydrogens is 737 g/mol. The van der Waals surface area contributed by atoms with E-state index in [4.69, 9.17) is 0 Å². The number of allylic oxidation sites excluding steroid dienone is 3. The van der Waals surface area contributed by atoms with Gasteiger partial charge in [0.15, 0.2) is 0 Å². The Hall–Kier alpha value is -7.68. The highest BCUT2D eigenvalue weighted by Gasteiger charge is 2.22. The molecule has 2 nitrogen and oxygen atoms in total. The number of rotatable bonds is 5. The van der Waals surface area contributed by atoms with E-state index in [2.05, 4.69) is 210 Å². The van der Waals surface area contributed by atoms with Crippen LogP contribution < -0.4 is 0 Å². The van der Waals surface area contributed by atoms with Crippen molar-refractivity contribution in [3.8, 4) is 55.9 Å². The van der Waals surface area contributed by atoms with Crippen LogP contribution in [0.25, 0.3) is 110 Å². The van der Waals surface area contributed by atoms with Gasteiger partial charge in [0.25, 0.3) is 0 Å². The van der Waals surface area contributed by atoms with E-state index in [-0.39, 0.29) is 0 Å². The predicted molar refractivity (Wildman–Crippen MR) is 264 cm³/mol. The smallest absolute Gasteiger partial charge is 0.0541 e. The monoisotopic (exact) mass is 782 g/mol. The average Bonchev–Trinajstić information content (AvgIpc) is 3.96. The van der Waals surface area contributed by atoms with Crippen LogP contribution in [0.5, 0.6) is 0 Å². The SMILES string of the molecule is C=C/C=C\C.CC.c1ccc(-n2c3ccccc3c3cc(-c4ccc5c(c4)c4ccccc4n5-c4ccc(-c5cc6c7c(cccc7c5)-c5ccccc5-6)cc4)ccc32)cc1. The average molecular weight is 783 g/mol. The lowest BCUT2D eigenvalue weighted by Crippen LogP contribution is -1.94. The van der Waals surface area contributed by atoms with Crippen molar-refractivity contribution in [2.24, 2.45) is 0 Å². The Labute approximate surface area is 357 Å². The maximum absolute atomic E-state index is 3.46. The summed E-state index contributed by atoms with van der Waals surface area (Å²) < 4.78 is 4.79. The largest absolute Gasteiger partial charge is 0.309 e. The molecule has 2 heteroatoms. The van der Waals surface area contributed by atoms with Crippen LogP contribution in [-0.4, -0.2) is 9.13 Å². The standard InChI is InChI=1S/C52H32N2.C5H8.C2H6/c1-2-12-38(13-3-1)53-48-19-8-6-16-42(48)45-30-34(23-27-50(45)53)35-24-28-51-46(31-35)43-17-7-9-20-49(43)54(51)39-25-21-33(22-26-39)37-29-36-11-10-18-44-40-14-4-5-15-41(40)47(32-37)52(36)44;1-3-5-4-2;1-2/h1-32H;3-5H,1H2,2H3;1-2H3/b;5-4-;. The molecule has 292 valence electrons. The van der Waals surface area contributed by atoms with Gasteiger partial charge >= 0.3 is 0 Å². The Morgan fingerprint density at radius 1 is 0.377 bits per heavy atom. The molecule has 0 saturated heterocycles. The Bertz CT molecular complexity index is 3450. The Morgan fingerprint density at radius 3 is 1.44 bits per heavy atom. The third-order valence-electron chi connectivity index (χ3n) is 12.0. The quantitative estimate of drug-likeness (QED) is 0.154. The van der Waals surface area contributed by atoms with Gasteiger partial charge in [-0.25, -0.2) is 0 Å². The zero-order valence-corrected chi connectivity index (χ0v) is 34.8. The molecule has 61 heavy (non-hydrogen) atoms. The fourth-order valence-corrected chi connectivity index (χ4v) is 9.36. The molecule has 0 radical (unpaired) electrons. The molecule has 11 aromatic rings. The lowest BCUT2D eigenvalue weighted by Gasteiger charge is -2.11. The predicted octanol–water partition coefficient (Wildman–Crippen LogP) is 16.8. The van der Waals surface area contributed by atoms with Gasteiger partial charge in [0, 0.05) is 32.9 Å². The molecule has 9 aromatic carbocycles. The number of benzene rings is 9. The number of fused-ring (bicyclic) bond motifs is 9. The van der Waals surface area contributed by atoms with Crippen LogP contribution in [0.1, 0.15) is 20.8 Å². The van der Waals surface area contributed by atoms with Gasteiger partial charge in [-0.2, -0.15) is 0 Å². The van der Waals surface area contributed by atoms with Crippen LogP contribution in [-0.2, 0) is 0 Å². The van der Waals surface area contributed by atoms with Crippen LogP contribution in [0.15, 0.2) is 219 Å². The normalized spacial score (nSPS) is 11.5. The van der Waals surface area contributed by atoms with Crippen LogP contribution >= 0.6 is 0 Å². The van der Waals surface area contributed by atoms with Gasteiger partial charge in [-0.05, 0) is 135 Å². The van der Waals surface area contributed by atoms with Crippen LogP contribution in [0, 0.1) is 0 Å². The van der Waals surface area contributed by atoms with Crippen molar-refractivity contribution in [1.82, 2.24) is 9.13 Å². The fraction of sp³-hybridized carbons (Fsp3) is 0.0508. The summed E-state index contributed by atoms with van der Waals surface area (Å²) in [4.78, 5) is 0. The van der Waals surface area contributed by atoms with Crippen molar-refractivity contribution in [3.05, 3.63) is 219 Å². The van der Waals surface area contributed by atoms with Gasteiger partial charge < -0.3 is 9.13 Å². The minimum atomic E-state index is 1.16. The van der Waals surface area contributed by atoms with E-state index in [1.165, 1.54) is 105 Å². The highest BCUT2D eigenvalue weighted by atomic mass is 15.0. The number of hydrogen-bond donors (Lipinski definition) is 0. The van der Waals surface area contributed by atoms with E-state index < -0.39 is 0 Å². The Balaban J connectivity index is 0.000000597. The first-order chi connectivity index (χ1) is 30.2. The summed E-state index contributed by atoms with van der Waals surface area (Å²) in [6.07, 6.45) is 5.58. The summed E-state index contributed by atoms with van der Waals surface area (Å²) in [5, 5.41) is 7.70. The topological polar surface area (TPSA) is 9.86 Å². The molecule has 0 bridgehead atoms. The van der Waals surface area contributed by atoms with E-state index >= 15 is 0 Å². The van der Waals surface area contributed by atoms with Crippen molar-refractivity contribution in [2.45, 2.75) is 20.8 Å². The molecule has 0 atom stereocenters. The van der Waals surface area contributed by atoms with Crippen molar-refractivity contribution in [2.75, 3.05) is 0 Å². The lowest BCUT2D eigenvalue weighted by atomic mass is 9.96. The van der Waals surface area contributed by atoms with Gasteiger partial charge in [-0.3, -0.25) is 0 Å². The summed E-state index contributed by atoms with van der Waals surface area (Å²) in [6.45, 7) is 9.42. The number of para-hydroxylation sites is 3. The number of nitrogens with zero attached hydrogens (tertiary/aromatic N) is 2. The summed E-state index contributed by atoms with van der Waals surface area (Å²) in [5.41, 5.74) is 17.4. The molecule has 0 saturated carbocycles. The first-order valence-electron chi connectivity index (χ1n) is 21.3. The zero-order valence-electron chi connectivity index (χ0n) is 34.8. The summed E-state index contributed by atoms with van der Waals surface area (Å²) >= 11 is 0. The van der Waals surface area contributed by atoms with Gasteiger partial charge in [-0.1, -0.05) is 160 Å². The number of hydrogen-bond acceptors (Lipinski definition) is 0. The summed E-state index contributed by atoms with van der Waals surface area (Å²) in [7, 11) is 0. The molecule has 2 aromatic heterocycles. The molecule has 0 unspecified atom stereocenters. The van der Waals surface area contributed by atoms with Crippen LogP contribution in [0.2, 0.25) is 0 Å². The second kappa shape index (κ2) is 15.8. The maximum Gasteiger partial charge on any atom is 0.0541 e. The summed E-state index contributed by atoms with van der Waals surface area (Å²) in [6, 6.07) is 71.4. The molecule has 1 aliphatic rings. The fourth-order valence-electron chi connectivity index (χ4n) is 9.36. The van der Waals surface area contributed by atoms with Crippen molar-refractivity contribution in [3.63, 3.8) is 0 Å². The molecule has 12 rings (SSSR count). The third-order valence-corrected chi connectivity index (χ3v) is 12.0. The van der Waals surface area contributed by atoms with Crippen molar-refractivity contribution >= 4 is 54.4 Å². The lowest BCUT2D eigenvalue weighted by molar-refractivity contribution is 1.18. The number of aromatic nitrogens is 2. The first kappa shape index (κ1) is 37.6. The second-order valence-electron chi connectivity index (χ2n) is 15.3. The van der Waals surface area contributed by atoms with E-state index in [1.54, 1.807) is 6.08 Å². The molecule has 0 aliphatic heterocycles. The van der Waals surface area contributed by atoms with Crippen molar-refractivity contribution < 1.29 is 0 Å². The minimum absolute atomic E-state index is 1.16. The van der Waals surface area contributed by atoms with Gasteiger partial charge in [-0.15, -0.1) is 0 Å². The molecule has 0 N–H and O–H groups in total. The highest BCUT2D eigenvalue weighted by Crippen LogP contribution is 2.48. The second-order valence-corrected chi connectivity index (χ2v) is 15.3. The molecular formula is C59H46N2. The van der Waals surface area contributed by atoms with Gasteiger partial charge in [0.05, 0.1) is 22.1 Å². The molecule has 0 amide bonds. The minimum Gasteiger partial charge on any atom is -0.309 e. The zero-order chi connectivity index (χ0) is 41.5. The van der Waals surface area contributed by atoms with Crippen LogP contribution in [0.3, 0.4) is 0 Å². The highest BCUT2D eigenvalue weighted by molar-refractivity contribution is 6.17. The molecule has 2 heterocycles.